The third kappa shape index (κ3) is 3.30. The van der Waals surface area contributed by atoms with Crippen molar-refractivity contribution in [1.82, 2.24) is 19.5 Å². The molecule has 3 rings (SSSR count). The van der Waals surface area contributed by atoms with Gasteiger partial charge < -0.3 is 19.4 Å². The molecule has 2 aromatic rings. The number of imidazole rings is 1. The molecule has 0 atom stereocenters. The van der Waals surface area contributed by atoms with Crippen molar-refractivity contribution in [2.45, 2.75) is 19.4 Å². The second-order valence-corrected chi connectivity index (χ2v) is 5.26. The van der Waals surface area contributed by atoms with Crippen LogP contribution in [0.25, 0.3) is 11.2 Å². The molecule has 1 aliphatic heterocycles. The van der Waals surface area contributed by atoms with E-state index in [0.29, 0.717) is 12.5 Å². The average Bonchev–Trinajstić information content (AvgIpc) is 2.95. The van der Waals surface area contributed by atoms with E-state index in [4.69, 9.17) is 9.47 Å². The van der Waals surface area contributed by atoms with Gasteiger partial charge in [-0.2, -0.15) is 0 Å². The molecule has 0 aliphatic carbocycles. The monoisotopic (exact) mass is 291 g/mol. The Labute approximate surface area is 123 Å². The van der Waals surface area contributed by atoms with Crippen LogP contribution in [-0.4, -0.2) is 53.0 Å². The predicted octanol–water partition coefficient (Wildman–Crippen LogP) is 1.31. The lowest BCUT2D eigenvalue weighted by Gasteiger charge is -2.22. The fourth-order valence-corrected chi connectivity index (χ4v) is 2.55. The zero-order valence-corrected chi connectivity index (χ0v) is 12.3. The highest BCUT2D eigenvalue weighted by Crippen LogP contribution is 2.20. The SMILES string of the molecule is COCCn1cnc2c(NCC3CCOCC3)ncnc21. The van der Waals surface area contributed by atoms with Gasteiger partial charge in [-0.1, -0.05) is 0 Å². The molecule has 21 heavy (non-hydrogen) atoms. The van der Waals surface area contributed by atoms with Gasteiger partial charge in [0.1, 0.15) is 11.8 Å². The zero-order valence-electron chi connectivity index (χ0n) is 12.3. The molecule has 0 radical (unpaired) electrons. The molecule has 0 saturated carbocycles. The van der Waals surface area contributed by atoms with E-state index >= 15 is 0 Å². The molecular formula is C14H21N5O2. The molecule has 1 saturated heterocycles. The van der Waals surface area contributed by atoms with Crippen LogP contribution in [0.4, 0.5) is 5.82 Å². The number of anilines is 1. The highest BCUT2D eigenvalue weighted by Gasteiger charge is 2.15. The second kappa shape index (κ2) is 6.82. The Morgan fingerprint density at radius 3 is 3.00 bits per heavy atom. The van der Waals surface area contributed by atoms with Crippen molar-refractivity contribution >= 4 is 17.0 Å². The van der Waals surface area contributed by atoms with Gasteiger partial charge in [0.2, 0.25) is 0 Å². The Bertz CT molecular complexity index is 580. The lowest BCUT2D eigenvalue weighted by molar-refractivity contribution is 0.0699. The summed E-state index contributed by atoms with van der Waals surface area (Å²) in [5.41, 5.74) is 1.66. The van der Waals surface area contributed by atoms with E-state index in [-0.39, 0.29) is 0 Å². The van der Waals surface area contributed by atoms with Crippen LogP contribution in [-0.2, 0) is 16.0 Å². The smallest absolute Gasteiger partial charge is 0.165 e. The Morgan fingerprint density at radius 2 is 2.19 bits per heavy atom. The Kier molecular flexibility index (Phi) is 4.62. The first-order valence-corrected chi connectivity index (χ1v) is 7.35. The van der Waals surface area contributed by atoms with Gasteiger partial charge in [-0.25, -0.2) is 15.0 Å². The first-order valence-electron chi connectivity index (χ1n) is 7.35. The van der Waals surface area contributed by atoms with E-state index in [0.717, 1.165) is 56.1 Å². The fourth-order valence-electron chi connectivity index (χ4n) is 2.55. The van der Waals surface area contributed by atoms with Gasteiger partial charge >= 0.3 is 0 Å². The molecule has 3 heterocycles. The second-order valence-electron chi connectivity index (χ2n) is 5.26. The summed E-state index contributed by atoms with van der Waals surface area (Å²) in [6.45, 7) is 4.00. The van der Waals surface area contributed by atoms with Gasteiger partial charge in [0, 0.05) is 33.4 Å². The predicted molar refractivity (Wildman–Crippen MR) is 79.2 cm³/mol. The first-order chi connectivity index (χ1) is 10.4. The lowest BCUT2D eigenvalue weighted by atomic mass is 10.0. The standard InChI is InChI=1S/C14H21N5O2/c1-20-7-4-19-10-18-12-13(16-9-17-14(12)19)15-8-11-2-5-21-6-3-11/h9-11H,2-8H2,1H3,(H,15,16,17). The molecule has 1 N–H and O–H groups in total. The van der Waals surface area contributed by atoms with E-state index in [1.165, 1.54) is 0 Å². The maximum absolute atomic E-state index is 5.38. The summed E-state index contributed by atoms with van der Waals surface area (Å²) >= 11 is 0. The molecule has 1 aliphatic rings. The number of fused-ring (bicyclic) bond motifs is 1. The van der Waals surface area contributed by atoms with Crippen molar-refractivity contribution in [3.63, 3.8) is 0 Å². The highest BCUT2D eigenvalue weighted by molar-refractivity contribution is 5.82. The molecule has 7 nitrogen and oxygen atoms in total. The van der Waals surface area contributed by atoms with E-state index in [1.807, 2.05) is 4.57 Å². The molecule has 0 unspecified atom stereocenters. The molecule has 0 aromatic carbocycles. The summed E-state index contributed by atoms with van der Waals surface area (Å²) < 4.78 is 12.5. The number of aromatic nitrogens is 4. The summed E-state index contributed by atoms with van der Waals surface area (Å²) in [6.07, 6.45) is 5.57. The number of methoxy groups -OCH3 is 1. The minimum atomic E-state index is 0.638. The first kappa shape index (κ1) is 14.2. The zero-order chi connectivity index (χ0) is 14.5. The number of hydrogen-bond acceptors (Lipinski definition) is 6. The van der Waals surface area contributed by atoms with E-state index in [9.17, 15) is 0 Å². The minimum Gasteiger partial charge on any atom is -0.383 e. The van der Waals surface area contributed by atoms with Crippen LogP contribution in [0.1, 0.15) is 12.8 Å². The fraction of sp³-hybridized carbons (Fsp3) is 0.643. The molecule has 0 spiro atoms. The number of ether oxygens (including phenoxy) is 2. The van der Waals surface area contributed by atoms with Crippen molar-refractivity contribution in [2.75, 3.05) is 38.8 Å². The van der Waals surface area contributed by atoms with Crippen molar-refractivity contribution in [3.8, 4) is 0 Å². The van der Waals surface area contributed by atoms with Gasteiger partial charge in [0.05, 0.1) is 12.9 Å². The highest BCUT2D eigenvalue weighted by atomic mass is 16.5. The van der Waals surface area contributed by atoms with Gasteiger partial charge in [0.25, 0.3) is 0 Å². The van der Waals surface area contributed by atoms with Gasteiger partial charge in [-0.05, 0) is 18.8 Å². The van der Waals surface area contributed by atoms with E-state index < -0.39 is 0 Å². The minimum absolute atomic E-state index is 0.638. The quantitative estimate of drug-likeness (QED) is 0.865. The van der Waals surface area contributed by atoms with Gasteiger partial charge in [-0.15, -0.1) is 0 Å². The van der Waals surface area contributed by atoms with Crippen LogP contribution in [0.15, 0.2) is 12.7 Å². The summed E-state index contributed by atoms with van der Waals surface area (Å²) in [7, 11) is 1.69. The summed E-state index contributed by atoms with van der Waals surface area (Å²) in [6, 6.07) is 0. The molecule has 1 fully saturated rings. The number of rotatable bonds is 6. The number of nitrogens with zero attached hydrogens (tertiary/aromatic N) is 4. The van der Waals surface area contributed by atoms with Crippen LogP contribution in [0.3, 0.4) is 0 Å². The lowest BCUT2D eigenvalue weighted by Crippen LogP contribution is -2.23. The molecule has 0 amide bonds. The molecule has 114 valence electrons. The van der Waals surface area contributed by atoms with Crippen molar-refractivity contribution in [1.29, 1.82) is 0 Å². The van der Waals surface area contributed by atoms with E-state index in [2.05, 4.69) is 20.3 Å². The van der Waals surface area contributed by atoms with Crippen LogP contribution >= 0.6 is 0 Å². The third-order valence-corrected chi connectivity index (χ3v) is 3.84. The Morgan fingerprint density at radius 1 is 1.33 bits per heavy atom. The summed E-state index contributed by atoms with van der Waals surface area (Å²) in [5.74, 6) is 1.45. The molecular weight excluding hydrogens is 270 g/mol. The van der Waals surface area contributed by atoms with Gasteiger partial charge in [0.15, 0.2) is 11.5 Å². The maximum atomic E-state index is 5.38. The van der Waals surface area contributed by atoms with Crippen LogP contribution in [0.5, 0.6) is 0 Å². The Balaban J connectivity index is 1.71. The molecule has 2 aromatic heterocycles. The van der Waals surface area contributed by atoms with Gasteiger partial charge in [-0.3, -0.25) is 0 Å². The number of hydrogen-bond donors (Lipinski definition) is 1. The molecule has 0 bridgehead atoms. The summed E-state index contributed by atoms with van der Waals surface area (Å²) in [5, 5.41) is 3.41. The van der Waals surface area contributed by atoms with Crippen LogP contribution < -0.4 is 5.32 Å². The van der Waals surface area contributed by atoms with Crippen LogP contribution in [0.2, 0.25) is 0 Å². The van der Waals surface area contributed by atoms with E-state index in [1.54, 1.807) is 19.8 Å². The maximum Gasteiger partial charge on any atom is 0.165 e. The van der Waals surface area contributed by atoms with Crippen molar-refractivity contribution in [3.05, 3.63) is 12.7 Å². The normalized spacial score (nSPS) is 16.4. The largest absolute Gasteiger partial charge is 0.383 e. The van der Waals surface area contributed by atoms with Crippen molar-refractivity contribution in [2.24, 2.45) is 5.92 Å². The average molecular weight is 291 g/mol. The third-order valence-electron chi connectivity index (χ3n) is 3.84. The topological polar surface area (TPSA) is 74.1 Å². The number of nitrogens with one attached hydrogen (secondary N) is 1. The molecule has 7 heteroatoms. The summed E-state index contributed by atoms with van der Waals surface area (Å²) in [4.78, 5) is 13.1. The van der Waals surface area contributed by atoms with Crippen LogP contribution in [0, 0.1) is 5.92 Å². The Hall–Kier alpha value is -1.73. The van der Waals surface area contributed by atoms with Crippen molar-refractivity contribution < 1.29 is 9.47 Å².